The van der Waals surface area contributed by atoms with Gasteiger partial charge in [0.2, 0.25) is 0 Å². The second-order valence-corrected chi connectivity index (χ2v) is 2.36. The molecule has 62 valence electrons. The Kier molecular flexibility index (Phi) is 2.60. The van der Waals surface area contributed by atoms with Crippen molar-refractivity contribution in [3.63, 3.8) is 0 Å². The summed E-state index contributed by atoms with van der Waals surface area (Å²) in [6.07, 6.45) is 0.750. The van der Waals surface area contributed by atoms with E-state index >= 15 is 0 Å². The second kappa shape index (κ2) is 3.68. The van der Waals surface area contributed by atoms with E-state index in [2.05, 4.69) is 11.8 Å². The molecule has 0 spiro atoms. The first-order chi connectivity index (χ1) is 5.74. The zero-order valence-corrected chi connectivity index (χ0v) is 6.83. The molecule has 0 aromatic heterocycles. The van der Waals surface area contributed by atoms with E-state index in [4.69, 9.17) is 5.11 Å². The molecule has 0 saturated heterocycles. The summed E-state index contributed by atoms with van der Waals surface area (Å²) in [5.41, 5.74) is 0.551. The lowest BCUT2D eigenvalue weighted by atomic mass is 10.2. The van der Waals surface area contributed by atoms with Crippen LogP contribution in [0.25, 0.3) is 0 Å². The smallest absolute Gasteiger partial charge is 0.134 e. The molecule has 2 N–H and O–H groups in total. The molecule has 0 radical (unpaired) electrons. The zero-order valence-electron chi connectivity index (χ0n) is 6.83. The van der Waals surface area contributed by atoms with Gasteiger partial charge in [-0.25, -0.2) is 0 Å². The molecule has 0 unspecified atom stereocenters. The van der Waals surface area contributed by atoms with Crippen molar-refractivity contribution < 1.29 is 10.2 Å². The lowest BCUT2D eigenvalue weighted by Crippen LogP contribution is -1.75. The van der Waals surface area contributed by atoms with E-state index in [1.165, 1.54) is 12.1 Å². The third kappa shape index (κ3) is 1.93. The van der Waals surface area contributed by atoms with E-state index in [0.29, 0.717) is 5.56 Å². The van der Waals surface area contributed by atoms with Gasteiger partial charge in [0.1, 0.15) is 11.5 Å². The molecule has 0 bridgehead atoms. The average Bonchev–Trinajstić information content (AvgIpc) is 2.03. The molecule has 12 heavy (non-hydrogen) atoms. The van der Waals surface area contributed by atoms with Crippen molar-refractivity contribution in [1.29, 1.82) is 0 Å². The summed E-state index contributed by atoms with van der Waals surface area (Å²) >= 11 is 0. The third-order valence-electron chi connectivity index (χ3n) is 1.38. The monoisotopic (exact) mass is 162 g/mol. The Morgan fingerprint density at radius 2 is 2.08 bits per heavy atom. The van der Waals surface area contributed by atoms with E-state index in [0.717, 1.165) is 6.42 Å². The van der Waals surface area contributed by atoms with Gasteiger partial charge in [0.15, 0.2) is 0 Å². The molecule has 1 aromatic carbocycles. The number of hydrogen-bond acceptors (Lipinski definition) is 2. The van der Waals surface area contributed by atoms with Gasteiger partial charge in [-0.1, -0.05) is 18.8 Å². The minimum Gasteiger partial charge on any atom is -0.508 e. The van der Waals surface area contributed by atoms with Crippen molar-refractivity contribution in [2.75, 3.05) is 0 Å². The lowest BCUT2D eigenvalue weighted by Gasteiger charge is -1.96. The highest BCUT2D eigenvalue weighted by Gasteiger charge is 1.97. The number of hydrogen-bond donors (Lipinski definition) is 2. The van der Waals surface area contributed by atoms with Crippen LogP contribution in [0, 0.1) is 11.8 Å². The summed E-state index contributed by atoms with van der Waals surface area (Å²) in [5.74, 6) is 5.69. The SMILES string of the molecule is CCC#Cc1ccc(O)cc1O. The molecule has 0 atom stereocenters. The lowest BCUT2D eigenvalue weighted by molar-refractivity contribution is 0.449. The van der Waals surface area contributed by atoms with Crippen LogP contribution in [0.5, 0.6) is 11.5 Å². The van der Waals surface area contributed by atoms with Crippen LogP contribution in [-0.4, -0.2) is 10.2 Å². The van der Waals surface area contributed by atoms with Gasteiger partial charge in [0.25, 0.3) is 0 Å². The highest BCUT2D eigenvalue weighted by atomic mass is 16.3. The molecule has 1 rings (SSSR count). The Morgan fingerprint density at radius 3 is 2.67 bits per heavy atom. The molecular weight excluding hydrogens is 152 g/mol. The Bertz CT molecular complexity index is 331. The van der Waals surface area contributed by atoms with Crippen LogP contribution in [0.4, 0.5) is 0 Å². The maximum Gasteiger partial charge on any atom is 0.134 e. The molecule has 0 saturated carbocycles. The van der Waals surface area contributed by atoms with E-state index < -0.39 is 0 Å². The van der Waals surface area contributed by atoms with Gasteiger partial charge >= 0.3 is 0 Å². The van der Waals surface area contributed by atoms with Gasteiger partial charge in [-0.05, 0) is 12.1 Å². The molecule has 0 amide bonds. The summed E-state index contributed by atoms with van der Waals surface area (Å²) in [6.45, 7) is 1.93. The Labute approximate surface area is 71.5 Å². The molecule has 0 aliphatic rings. The molecule has 2 nitrogen and oxygen atoms in total. The molecule has 0 fully saturated rings. The summed E-state index contributed by atoms with van der Waals surface area (Å²) in [6, 6.07) is 4.37. The topological polar surface area (TPSA) is 40.5 Å². The number of benzene rings is 1. The van der Waals surface area contributed by atoms with Gasteiger partial charge in [0, 0.05) is 12.5 Å². The van der Waals surface area contributed by atoms with Crippen LogP contribution in [0.3, 0.4) is 0 Å². The van der Waals surface area contributed by atoms with Crippen LogP contribution in [0.2, 0.25) is 0 Å². The summed E-state index contributed by atoms with van der Waals surface area (Å²) in [5, 5.41) is 18.2. The number of phenolic OH excluding ortho intramolecular Hbond substituents is 2. The van der Waals surface area contributed by atoms with Crippen molar-refractivity contribution in [1.82, 2.24) is 0 Å². The highest BCUT2D eigenvalue weighted by molar-refractivity contribution is 5.48. The predicted octanol–water partition coefficient (Wildman–Crippen LogP) is 1.86. The zero-order chi connectivity index (χ0) is 8.97. The Morgan fingerprint density at radius 1 is 1.33 bits per heavy atom. The average molecular weight is 162 g/mol. The number of rotatable bonds is 0. The van der Waals surface area contributed by atoms with Gasteiger partial charge < -0.3 is 10.2 Å². The predicted molar refractivity (Wildman–Crippen MR) is 46.9 cm³/mol. The quantitative estimate of drug-likeness (QED) is 0.571. The molecule has 0 aliphatic carbocycles. The minimum absolute atomic E-state index is 0.0240. The largest absolute Gasteiger partial charge is 0.508 e. The van der Waals surface area contributed by atoms with Crippen LogP contribution in [0.1, 0.15) is 18.9 Å². The molecule has 0 heterocycles. The molecule has 2 heteroatoms. The maximum atomic E-state index is 9.26. The van der Waals surface area contributed by atoms with Crippen molar-refractivity contribution in [2.24, 2.45) is 0 Å². The fourth-order valence-electron chi connectivity index (χ4n) is 0.809. The number of aromatic hydroxyl groups is 2. The molecule has 0 aliphatic heterocycles. The van der Waals surface area contributed by atoms with Gasteiger partial charge in [0.05, 0.1) is 5.56 Å². The van der Waals surface area contributed by atoms with Crippen LogP contribution >= 0.6 is 0 Å². The summed E-state index contributed by atoms with van der Waals surface area (Å²) in [4.78, 5) is 0. The fourth-order valence-corrected chi connectivity index (χ4v) is 0.809. The first-order valence-corrected chi connectivity index (χ1v) is 3.75. The maximum absolute atomic E-state index is 9.26. The normalized spacial score (nSPS) is 8.75. The van der Waals surface area contributed by atoms with E-state index in [9.17, 15) is 5.11 Å². The van der Waals surface area contributed by atoms with Gasteiger partial charge in [-0.3, -0.25) is 0 Å². The Balaban J connectivity index is 3.01. The molecular formula is C10H10O2. The van der Waals surface area contributed by atoms with E-state index in [1.54, 1.807) is 6.07 Å². The highest BCUT2D eigenvalue weighted by Crippen LogP contribution is 2.21. The second-order valence-electron chi connectivity index (χ2n) is 2.36. The standard InChI is InChI=1S/C10H10O2/c1-2-3-4-8-5-6-9(11)7-10(8)12/h5-7,11-12H,2H2,1H3. The van der Waals surface area contributed by atoms with E-state index in [1.807, 2.05) is 6.92 Å². The van der Waals surface area contributed by atoms with Crippen molar-refractivity contribution in [3.05, 3.63) is 23.8 Å². The van der Waals surface area contributed by atoms with Crippen LogP contribution in [0.15, 0.2) is 18.2 Å². The van der Waals surface area contributed by atoms with Crippen molar-refractivity contribution in [2.45, 2.75) is 13.3 Å². The van der Waals surface area contributed by atoms with E-state index in [-0.39, 0.29) is 11.5 Å². The minimum atomic E-state index is 0.0240. The van der Waals surface area contributed by atoms with Crippen LogP contribution < -0.4 is 0 Å². The summed E-state index contributed by atoms with van der Waals surface area (Å²) in [7, 11) is 0. The van der Waals surface area contributed by atoms with Gasteiger partial charge in [-0.2, -0.15) is 0 Å². The number of phenols is 2. The van der Waals surface area contributed by atoms with Crippen molar-refractivity contribution in [3.8, 4) is 23.3 Å². The summed E-state index contributed by atoms with van der Waals surface area (Å²) < 4.78 is 0. The molecule has 1 aromatic rings. The van der Waals surface area contributed by atoms with Gasteiger partial charge in [-0.15, -0.1) is 0 Å². The third-order valence-corrected chi connectivity index (χ3v) is 1.38. The first kappa shape index (κ1) is 8.48. The fraction of sp³-hybridized carbons (Fsp3) is 0.200. The first-order valence-electron chi connectivity index (χ1n) is 3.75. The van der Waals surface area contributed by atoms with Crippen LogP contribution in [-0.2, 0) is 0 Å². The van der Waals surface area contributed by atoms with Crippen molar-refractivity contribution >= 4 is 0 Å². The Hall–Kier alpha value is -1.62.